The summed E-state index contributed by atoms with van der Waals surface area (Å²) in [6.45, 7) is 1.01. The van der Waals surface area contributed by atoms with Crippen LogP contribution in [0.2, 0.25) is 0 Å². The minimum absolute atomic E-state index is 0.420. The Labute approximate surface area is 123 Å². The van der Waals surface area contributed by atoms with Crippen LogP contribution in [0.25, 0.3) is 11.3 Å². The third-order valence-electron chi connectivity index (χ3n) is 3.89. The van der Waals surface area contributed by atoms with E-state index in [9.17, 15) is 0 Å². The van der Waals surface area contributed by atoms with Gasteiger partial charge in [-0.25, -0.2) is 4.98 Å². The molecule has 1 fully saturated rings. The molecule has 1 aliphatic rings. The molecule has 2 heterocycles. The van der Waals surface area contributed by atoms with Gasteiger partial charge in [0.1, 0.15) is 0 Å². The molecule has 0 bridgehead atoms. The third kappa shape index (κ3) is 3.35. The van der Waals surface area contributed by atoms with E-state index in [1.165, 1.54) is 12.8 Å². The van der Waals surface area contributed by atoms with Crippen molar-refractivity contribution in [1.82, 2.24) is 9.97 Å². The summed E-state index contributed by atoms with van der Waals surface area (Å²) in [4.78, 5) is 8.75. The standard InChI is InChI=1S/C15H20N4S/c16-13-5-3-11(4-6-13)8-18-15-19-14(10-20-15)12-2-1-7-17-9-12/h1-2,7,9-11,13H,3-6,8,16H2,(H,18,19). The monoisotopic (exact) mass is 288 g/mol. The van der Waals surface area contributed by atoms with E-state index in [0.29, 0.717) is 6.04 Å². The number of thiazole rings is 1. The smallest absolute Gasteiger partial charge is 0.183 e. The Bertz CT molecular complexity index is 532. The van der Waals surface area contributed by atoms with Gasteiger partial charge in [-0.15, -0.1) is 11.3 Å². The molecule has 0 aliphatic heterocycles. The van der Waals surface area contributed by atoms with Crippen LogP contribution in [0.4, 0.5) is 5.13 Å². The van der Waals surface area contributed by atoms with Crippen molar-refractivity contribution in [1.29, 1.82) is 0 Å². The second kappa shape index (κ2) is 6.33. The first-order chi connectivity index (χ1) is 9.81. The maximum Gasteiger partial charge on any atom is 0.183 e. The minimum atomic E-state index is 0.420. The van der Waals surface area contributed by atoms with Crippen LogP contribution in [-0.2, 0) is 0 Å². The zero-order chi connectivity index (χ0) is 13.8. The van der Waals surface area contributed by atoms with E-state index < -0.39 is 0 Å². The summed E-state index contributed by atoms with van der Waals surface area (Å²) in [5.74, 6) is 0.737. The first-order valence-electron chi connectivity index (χ1n) is 7.16. The van der Waals surface area contributed by atoms with Crippen LogP contribution in [0, 0.1) is 5.92 Å². The van der Waals surface area contributed by atoms with Crippen molar-refractivity contribution < 1.29 is 0 Å². The summed E-state index contributed by atoms with van der Waals surface area (Å²) in [5, 5.41) is 6.54. The molecule has 3 rings (SSSR count). The Morgan fingerprint density at radius 1 is 1.30 bits per heavy atom. The molecule has 2 aromatic heterocycles. The van der Waals surface area contributed by atoms with Gasteiger partial charge in [0.05, 0.1) is 5.69 Å². The van der Waals surface area contributed by atoms with Crippen molar-refractivity contribution in [2.45, 2.75) is 31.7 Å². The molecule has 0 saturated heterocycles. The molecule has 0 spiro atoms. The number of pyridine rings is 1. The minimum Gasteiger partial charge on any atom is -0.361 e. The van der Waals surface area contributed by atoms with Gasteiger partial charge in [0, 0.05) is 35.9 Å². The second-order valence-electron chi connectivity index (χ2n) is 5.44. The molecule has 3 N–H and O–H groups in total. The molecule has 106 valence electrons. The third-order valence-corrected chi connectivity index (χ3v) is 4.69. The molecule has 20 heavy (non-hydrogen) atoms. The molecule has 0 unspecified atom stereocenters. The van der Waals surface area contributed by atoms with E-state index in [1.807, 2.05) is 18.3 Å². The van der Waals surface area contributed by atoms with Crippen LogP contribution in [0.15, 0.2) is 29.9 Å². The summed E-state index contributed by atoms with van der Waals surface area (Å²) >= 11 is 1.66. The van der Waals surface area contributed by atoms with E-state index in [-0.39, 0.29) is 0 Å². The first kappa shape index (κ1) is 13.5. The lowest BCUT2D eigenvalue weighted by molar-refractivity contribution is 0.339. The van der Waals surface area contributed by atoms with Crippen molar-refractivity contribution in [2.24, 2.45) is 11.7 Å². The van der Waals surface area contributed by atoms with Crippen molar-refractivity contribution in [3.05, 3.63) is 29.9 Å². The highest BCUT2D eigenvalue weighted by Gasteiger charge is 2.18. The number of aromatic nitrogens is 2. The van der Waals surface area contributed by atoms with Gasteiger partial charge >= 0.3 is 0 Å². The summed E-state index contributed by atoms with van der Waals surface area (Å²) in [7, 11) is 0. The number of nitrogens with two attached hydrogens (primary N) is 1. The molecule has 0 radical (unpaired) electrons. The van der Waals surface area contributed by atoms with Crippen molar-refractivity contribution in [2.75, 3.05) is 11.9 Å². The van der Waals surface area contributed by atoms with E-state index in [0.717, 1.165) is 41.7 Å². The fourth-order valence-corrected chi connectivity index (χ4v) is 3.36. The van der Waals surface area contributed by atoms with Crippen LogP contribution in [0.5, 0.6) is 0 Å². The number of rotatable bonds is 4. The SMILES string of the molecule is NC1CCC(CNc2nc(-c3cccnc3)cs2)CC1. The summed E-state index contributed by atoms with van der Waals surface area (Å²) in [6.07, 6.45) is 8.41. The lowest BCUT2D eigenvalue weighted by Gasteiger charge is -2.25. The van der Waals surface area contributed by atoms with Crippen LogP contribution in [0.3, 0.4) is 0 Å². The number of hydrogen-bond donors (Lipinski definition) is 2. The maximum atomic E-state index is 5.94. The highest BCUT2D eigenvalue weighted by molar-refractivity contribution is 7.14. The molecule has 0 atom stereocenters. The van der Waals surface area contributed by atoms with Gasteiger partial charge in [0.2, 0.25) is 0 Å². The average molecular weight is 288 g/mol. The predicted molar refractivity (Wildman–Crippen MR) is 83.8 cm³/mol. The Morgan fingerprint density at radius 3 is 2.90 bits per heavy atom. The zero-order valence-electron chi connectivity index (χ0n) is 11.5. The Morgan fingerprint density at radius 2 is 2.15 bits per heavy atom. The lowest BCUT2D eigenvalue weighted by Crippen LogP contribution is -2.29. The normalized spacial score (nSPS) is 22.6. The molecule has 5 heteroatoms. The lowest BCUT2D eigenvalue weighted by atomic mass is 9.86. The average Bonchev–Trinajstić information content (AvgIpc) is 2.97. The fourth-order valence-electron chi connectivity index (χ4n) is 2.63. The Hall–Kier alpha value is -1.46. The van der Waals surface area contributed by atoms with Crippen molar-refractivity contribution in [3.8, 4) is 11.3 Å². The number of nitrogens with zero attached hydrogens (tertiary/aromatic N) is 2. The number of anilines is 1. The van der Waals surface area contributed by atoms with E-state index in [4.69, 9.17) is 5.73 Å². The fraction of sp³-hybridized carbons (Fsp3) is 0.467. The molecule has 0 amide bonds. The summed E-state index contributed by atoms with van der Waals surface area (Å²) < 4.78 is 0. The van der Waals surface area contributed by atoms with E-state index >= 15 is 0 Å². The van der Waals surface area contributed by atoms with Crippen molar-refractivity contribution >= 4 is 16.5 Å². The van der Waals surface area contributed by atoms with Crippen LogP contribution < -0.4 is 11.1 Å². The molecule has 4 nitrogen and oxygen atoms in total. The molecule has 1 saturated carbocycles. The Balaban J connectivity index is 1.55. The van der Waals surface area contributed by atoms with Crippen LogP contribution in [0.1, 0.15) is 25.7 Å². The molecule has 0 aromatic carbocycles. The quantitative estimate of drug-likeness (QED) is 0.907. The molecular formula is C15H20N4S. The second-order valence-corrected chi connectivity index (χ2v) is 6.30. The number of nitrogens with one attached hydrogen (secondary N) is 1. The number of hydrogen-bond acceptors (Lipinski definition) is 5. The maximum absolute atomic E-state index is 5.94. The van der Waals surface area contributed by atoms with Gasteiger partial charge in [-0.1, -0.05) is 0 Å². The summed E-state index contributed by atoms with van der Waals surface area (Å²) in [5.41, 5.74) is 8.00. The van der Waals surface area contributed by atoms with Gasteiger partial charge in [0.25, 0.3) is 0 Å². The highest BCUT2D eigenvalue weighted by Crippen LogP contribution is 2.26. The first-order valence-corrected chi connectivity index (χ1v) is 8.04. The van der Waals surface area contributed by atoms with Gasteiger partial charge < -0.3 is 11.1 Å². The topological polar surface area (TPSA) is 63.8 Å². The van der Waals surface area contributed by atoms with Gasteiger partial charge in [-0.05, 0) is 43.7 Å². The molecule has 2 aromatic rings. The molecular weight excluding hydrogens is 268 g/mol. The van der Waals surface area contributed by atoms with Gasteiger partial charge in [0.15, 0.2) is 5.13 Å². The highest BCUT2D eigenvalue weighted by atomic mass is 32.1. The van der Waals surface area contributed by atoms with Gasteiger partial charge in [-0.2, -0.15) is 0 Å². The summed E-state index contributed by atoms with van der Waals surface area (Å²) in [6, 6.07) is 4.39. The largest absolute Gasteiger partial charge is 0.361 e. The predicted octanol–water partition coefficient (Wildman–Crippen LogP) is 3.13. The zero-order valence-corrected chi connectivity index (χ0v) is 12.3. The van der Waals surface area contributed by atoms with Crippen LogP contribution >= 0.6 is 11.3 Å². The van der Waals surface area contributed by atoms with Crippen molar-refractivity contribution in [3.63, 3.8) is 0 Å². The van der Waals surface area contributed by atoms with Crippen LogP contribution in [-0.4, -0.2) is 22.6 Å². The van der Waals surface area contributed by atoms with E-state index in [1.54, 1.807) is 17.5 Å². The Kier molecular flexibility index (Phi) is 4.28. The molecule has 1 aliphatic carbocycles. The van der Waals surface area contributed by atoms with Gasteiger partial charge in [-0.3, -0.25) is 4.98 Å². The van der Waals surface area contributed by atoms with E-state index in [2.05, 4.69) is 20.7 Å².